The highest BCUT2D eigenvalue weighted by Crippen LogP contribution is 2.41. The Labute approximate surface area is 185 Å². The van der Waals surface area contributed by atoms with Crippen molar-refractivity contribution in [2.75, 3.05) is 7.11 Å². The van der Waals surface area contributed by atoms with Gasteiger partial charge in [-0.25, -0.2) is 4.98 Å². The van der Waals surface area contributed by atoms with Crippen LogP contribution in [0.1, 0.15) is 60.4 Å². The Balaban J connectivity index is 1.56. The van der Waals surface area contributed by atoms with E-state index in [9.17, 15) is 4.79 Å². The van der Waals surface area contributed by atoms with Crippen LogP contribution in [0.2, 0.25) is 0 Å². The van der Waals surface area contributed by atoms with Gasteiger partial charge in [-0.05, 0) is 63.1 Å². The summed E-state index contributed by atoms with van der Waals surface area (Å²) in [6, 6.07) is 11.1. The molecule has 1 aliphatic rings. The summed E-state index contributed by atoms with van der Waals surface area (Å²) in [5.74, 6) is 0.933. The summed E-state index contributed by atoms with van der Waals surface area (Å²) in [5.41, 5.74) is 4.17. The molecule has 1 aromatic carbocycles. The van der Waals surface area contributed by atoms with Crippen LogP contribution in [0.5, 0.6) is 5.75 Å². The van der Waals surface area contributed by atoms with E-state index in [0.29, 0.717) is 28.3 Å². The van der Waals surface area contributed by atoms with Gasteiger partial charge >= 0.3 is 0 Å². The predicted molar refractivity (Wildman–Crippen MR) is 120 cm³/mol. The highest BCUT2D eigenvalue weighted by atomic mass is 16.5. The van der Waals surface area contributed by atoms with E-state index in [2.05, 4.69) is 20.6 Å². The molecule has 0 unspecified atom stereocenters. The highest BCUT2D eigenvalue weighted by molar-refractivity contribution is 6.09. The van der Waals surface area contributed by atoms with Crippen molar-refractivity contribution >= 4 is 17.0 Å². The number of rotatable bonds is 7. The summed E-state index contributed by atoms with van der Waals surface area (Å²) < 4.78 is 12.7. The Bertz CT molecular complexity index is 1270. The molecule has 5 rings (SSSR count). The van der Waals surface area contributed by atoms with E-state index in [0.717, 1.165) is 42.1 Å². The molecule has 0 aliphatic heterocycles. The smallest absolute Gasteiger partial charge is 0.259 e. The molecule has 1 fully saturated rings. The van der Waals surface area contributed by atoms with Gasteiger partial charge in [-0.1, -0.05) is 5.16 Å². The molecule has 4 aromatic rings. The molecule has 32 heavy (non-hydrogen) atoms. The van der Waals surface area contributed by atoms with Crippen molar-refractivity contribution < 1.29 is 14.1 Å². The third-order valence-electron chi connectivity index (χ3n) is 5.91. The molecule has 3 heterocycles. The highest BCUT2D eigenvalue weighted by Gasteiger charge is 2.30. The number of pyridine rings is 1. The number of nitrogens with one attached hydrogen (secondary N) is 1. The van der Waals surface area contributed by atoms with E-state index in [1.54, 1.807) is 13.3 Å². The number of ether oxygens (including phenoxy) is 1. The van der Waals surface area contributed by atoms with Crippen molar-refractivity contribution in [2.45, 2.75) is 45.2 Å². The van der Waals surface area contributed by atoms with Crippen LogP contribution in [-0.4, -0.2) is 32.9 Å². The lowest BCUT2D eigenvalue weighted by molar-refractivity contribution is 0.0939. The summed E-state index contributed by atoms with van der Waals surface area (Å²) in [6.45, 7) is 4.72. The summed E-state index contributed by atoms with van der Waals surface area (Å²) in [7, 11) is 1.62. The molecule has 1 saturated carbocycles. The van der Waals surface area contributed by atoms with E-state index in [4.69, 9.17) is 9.26 Å². The second kappa shape index (κ2) is 8.11. The average Bonchev–Trinajstić information content (AvgIpc) is 3.40. The number of benzene rings is 1. The Morgan fingerprint density at radius 3 is 2.75 bits per heavy atom. The van der Waals surface area contributed by atoms with Crippen LogP contribution in [-0.2, 0) is 6.54 Å². The van der Waals surface area contributed by atoms with Crippen molar-refractivity contribution in [3.8, 4) is 17.0 Å². The number of nitrogens with zero attached hydrogens (tertiary/aromatic N) is 4. The van der Waals surface area contributed by atoms with Crippen LogP contribution >= 0.6 is 0 Å². The van der Waals surface area contributed by atoms with Gasteiger partial charge in [0.05, 0.1) is 29.8 Å². The van der Waals surface area contributed by atoms with Crippen LogP contribution in [0.4, 0.5) is 0 Å². The molecule has 1 aliphatic carbocycles. The molecule has 0 radical (unpaired) electrons. The summed E-state index contributed by atoms with van der Waals surface area (Å²) in [6.07, 6.45) is 3.90. The minimum absolute atomic E-state index is 0.186. The maximum absolute atomic E-state index is 13.5. The van der Waals surface area contributed by atoms with Gasteiger partial charge in [-0.15, -0.1) is 0 Å². The number of carbonyl (C=O) groups excluding carboxylic acids is 1. The number of hydrogen-bond donors (Lipinski definition) is 1. The maximum atomic E-state index is 13.5. The van der Waals surface area contributed by atoms with Gasteiger partial charge < -0.3 is 14.6 Å². The monoisotopic (exact) mass is 431 g/mol. The first kappa shape index (κ1) is 20.2. The lowest BCUT2D eigenvalue weighted by Crippen LogP contribution is -2.28. The third-order valence-corrected chi connectivity index (χ3v) is 5.91. The molecule has 1 atom stereocenters. The van der Waals surface area contributed by atoms with E-state index in [-0.39, 0.29) is 11.9 Å². The van der Waals surface area contributed by atoms with Crippen LogP contribution in [0, 0.1) is 0 Å². The Morgan fingerprint density at radius 1 is 1.28 bits per heavy atom. The zero-order chi connectivity index (χ0) is 22.2. The molecule has 8 heteroatoms. The largest absolute Gasteiger partial charge is 0.497 e. The number of amides is 1. The van der Waals surface area contributed by atoms with Crippen LogP contribution in [0.3, 0.4) is 0 Å². The second-order valence-electron chi connectivity index (χ2n) is 8.08. The van der Waals surface area contributed by atoms with Gasteiger partial charge in [0, 0.05) is 29.9 Å². The van der Waals surface area contributed by atoms with Crippen molar-refractivity contribution in [1.29, 1.82) is 0 Å². The molecule has 0 spiro atoms. The molecule has 1 amide bonds. The molecule has 3 aromatic heterocycles. The molecule has 8 nitrogen and oxygen atoms in total. The summed E-state index contributed by atoms with van der Waals surface area (Å²) in [5, 5.41) is 12.3. The van der Waals surface area contributed by atoms with Gasteiger partial charge in [0.25, 0.3) is 11.6 Å². The van der Waals surface area contributed by atoms with Crippen molar-refractivity contribution in [3.05, 3.63) is 59.5 Å². The van der Waals surface area contributed by atoms with E-state index in [1.807, 2.05) is 54.9 Å². The summed E-state index contributed by atoms with van der Waals surface area (Å²) in [4.78, 5) is 18.2. The average molecular weight is 431 g/mol. The third kappa shape index (κ3) is 3.62. The first-order valence-corrected chi connectivity index (χ1v) is 10.9. The minimum Gasteiger partial charge on any atom is -0.497 e. The van der Waals surface area contributed by atoms with E-state index < -0.39 is 0 Å². The number of aryl methyl sites for hydroxylation is 1. The fourth-order valence-corrected chi connectivity index (χ4v) is 4.01. The van der Waals surface area contributed by atoms with Crippen LogP contribution < -0.4 is 10.1 Å². The van der Waals surface area contributed by atoms with Gasteiger partial charge in [-0.3, -0.25) is 9.48 Å². The number of carbonyl (C=O) groups is 1. The predicted octanol–water partition coefficient (Wildman–Crippen LogP) is 4.48. The topological polar surface area (TPSA) is 95.1 Å². The molecular formula is C24H25N5O3. The zero-order valence-corrected chi connectivity index (χ0v) is 18.3. The van der Waals surface area contributed by atoms with Crippen LogP contribution in [0.15, 0.2) is 47.1 Å². The normalized spacial score (nSPS) is 14.5. The van der Waals surface area contributed by atoms with Crippen molar-refractivity contribution in [2.24, 2.45) is 0 Å². The number of aromatic nitrogens is 4. The van der Waals surface area contributed by atoms with Crippen LogP contribution in [0.25, 0.3) is 22.4 Å². The Morgan fingerprint density at radius 2 is 2.06 bits per heavy atom. The first-order chi connectivity index (χ1) is 15.6. The van der Waals surface area contributed by atoms with Crippen molar-refractivity contribution in [3.63, 3.8) is 0 Å². The summed E-state index contributed by atoms with van der Waals surface area (Å²) >= 11 is 0. The lowest BCUT2D eigenvalue weighted by atomic mass is 10.0. The molecular weight excluding hydrogens is 406 g/mol. The molecule has 0 saturated heterocycles. The van der Waals surface area contributed by atoms with Gasteiger partial charge in [-0.2, -0.15) is 5.10 Å². The quantitative estimate of drug-likeness (QED) is 0.463. The van der Waals surface area contributed by atoms with Gasteiger partial charge in [0.1, 0.15) is 11.4 Å². The number of methoxy groups -OCH3 is 1. The van der Waals surface area contributed by atoms with Crippen molar-refractivity contribution in [1.82, 2.24) is 25.2 Å². The van der Waals surface area contributed by atoms with Gasteiger partial charge in [0.2, 0.25) is 0 Å². The number of hydrogen-bond acceptors (Lipinski definition) is 6. The molecule has 164 valence electrons. The SMILES string of the molecule is CCn1nccc1[C@H](C)NC(=O)c1cc(C2CC2)nc2onc(-c3ccc(OC)cc3)c12. The minimum atomic E-state index is -0.207. The molecule has 1 N–H and O–H groups in total. The van der Waals surface area contributed by atoms with E-state index in [1.165, 1.54) is 0 Å². The first-order valence-electron chi connectivity index (χ1n) is 10.9. The van der Waals surface area contributed by atoms with Gasteiger partial charge in [0.15, 0.2) is 0 Å². The fraction of sp³-hybridized carbons (Fsp3) is 0.333. The zero-order valence-electron chi connectivity index (χ0n) is 18.3. The Hall–Kier alpha value is -3.68. The second-order valence-corrected chi connectivity index (χ2v) is 8.08. The maximum Gasteiger partial charge on any atom is 0.259 e. The standard InChI is InChI=1S/C24H25N5O3/c1-4-29-20(11-12-25-29)14(2)26-23(30)18-13-19(15-5-6-15)27-24-21(18)22(28-32-24)16-7-9-17(31-3)10-8-16/h7-15H,4-6H2,1-3H3,(H,26,30)/t14-/m0/s1. The Kier molecular flexibility index (Phi) is 5.13. The number of fused-ring (bicyclic) bond motifs is 1. The van der Waals surface area contributed by atoms with E-state index >= 15 is 0 Å². The fourth-order valence-electron chi connectivity index (χ4n) is 4.01. The molecule has 0 bridgehead atoms. The lowest BCUT2D eigenvalue weighted by Gasteiger charge is -2.16.